The summed E-state index contributed by atoms with van der Waals surface area (Å²) in [4.78, 5) is 2.03. The van der Waals surface area contributed by atoms with E-state index < -0.39 is 6.10 Å². The molecule has 0 spiro atoms. The molecule has 3 aromatic carbocycles. The van der Waals surface area contributed by atoms with E-state index in [4.69, 9.17) is 14.2 Å². The van der Waals surface area contributed by atoms with Crippen molar-refractivity contribution < 1.29 is 19.3 Å². The molecule has 0 saturated heterocycles. The normalized spacial score (nSPS) is 12.4. The van der Waals surface area contributed by atoms with E-state index in [1.54, 1.807) is 7.11 Å². The van der Waals surface area contributed by atoms with E-state index in [1.165, 1.54) is 0 Å². The van der Waals surface area contributed by atoms with Gasteiger partial charge in [0.05, 0.1) is 12.6 Å². The zero-order valence-corrected chi connectivity index (χ0v) is 18.8. The van der Waals surface area contributed by atoms with Crippen molar-refractivity contribution in [1.82, 2.24) is 9.47 Å². The lowest BCUT2D eigenvalue weighted by Crippen LogP contribution is -2.35. The molecule has 0 aliphatic rings. The monoisotopic (exact) mass is 434 g/mol. The van der Waals surface area contributed by atoms with Crippen LogP contribution in [0.5, 0.6) is 17.2 Å². The lowest BCUT2D eigenvalue weighted by Gasteiger charge is -2.21. The molecule has 1 N–H and O–H groups in total. The van der Waals surface area contributed by atoms with Gasteiger partial charge in [-0.25, -0.2) is 0 Å². The van der Waals surface area contributed by atoms with Crippen molar-refractivity contribution in [2.45, 2.75) is 6.10 Å². The molecule has 6 heteroatoms. The summed E-state index contributed by atoms with van der Waals surface area (Å²) in [7, 11) is 5.65. The smallest absolute Gasteiger partial charge is 0.161 e. The zero-order chi connectivity index (χ0) is 22.5. The van der Waals surface area contributed by atoms with Crippen LogP contribution in [0.3, 0.4) is 0 Å². The lowest BCUT2D eigenvalue weighted by molar-refractivity contribution is 0.0727. The van der Waals surface area contributed by atoms with E-state index in [0.29, 0.717) is 25.4 Å². The van der Waals surface area contributed by atoms with Crippen LogP contribution in [0.4, 0.5) is 0 Å². The minimum Gasteiger partial charge on any atom is -0.493 e. The van der Waals surface area contributed by atoms with Gasteiger partial charge in [-0.05, 0) is 37.4 Å². The highest BCUT2D eigenvalue weighted by atomic mass is 16.5. The molecule has 0 aliphatic heterocycles. The quantitative estimate of drug-likeness (QED) is 0.407. The van der Waals surface area contributed by atoms with Gasteiger partial charge in [-0.15, -0.1) is 0 Å². The second kappa shape index (κ2) is 9.94. The summed E-state index contributed by atoms with van der Waals surface area (Å²) in [5.41, 5.74) is 2.28. The van der Waals surface area contributed by atoms with Gasteiger partial charge in [0.15, 0.2) is 11.5 Å². The Morgan fingerprint density at radius 3 is 2.38 bits per heavy atom. The van der Waals surface area contributed by atoms with Gasteiger partial charge < -0.3 is 28.8 Å². The topological polar surface area (TPSA) is 56.1 Å². The van der Waals surface area contributed by atoms with Crippen LogP contribution in [0.2, 0.25) is 0 Å². The molecule has 1 atom stereocenters. The van der Waals surface area contributed by atoms with Gasteiger partial charge in [0.1, 0.15) is 25.1 Å². The summed E-state index contributed by atoms with van der Waals surface area (Å²) in [5, 5.41) is 12.8. The highest BCUT2D eigenvalue weighted by Gasteiger charge is 2.15. The number of rotatable bonds is 10. The molecular weight excluding hydrogens is 404 g/mol. The third-order valence-corrected chi connectivity index (χ3v) is 5.65. The van der Waals surface area contributed by atoms with Gasteiger partial charge in [-0.1, -0.05) is 36.4 Å². The van der Waals surface area contributed by atoms with Crippen LogP contribution in [-0.4, -0.2) is 61.1 Å². The van der Waals surface area contributed by atoms with Crippen molar-refractivity contribution in [3.8, 4) is 17.2 Å². The maximum Gasteiger partial charge on any atom is 0.161 e. The highest BCUT2D eigenvalue weighted by Crippen LogP contribution is 2.34. The minimum atomic E-state index is -0.614. The molecule has 1 aromatic heterocycles. The molecule has 0 fully saturated rings. The number of aliphatic hydroxyl groups is 1. The van der Waals surface area contributed by atoms with E-state index in [0.717, 1.165) is 33.3 Å². The molecule has 1 unspecified atom stereocenters. The van der Waals surface area contributed by atoms with Crippen LogP contribution in [0.25, 0.3) is 21.8 Å². The fourth-order valence-electron chi connectivity index (χ4n) is 4.04. The fraction of sp³-hybridized carbons (Fsp3) is 0.308. The van der Waals surface area contributed by atoms with Crippen molar-refractivity contribution in [1.29, 1.82) is 0 Å². The molecule has 4 rings (SSSR count). The summed E-state index contributed by atoms with van der Waals surface area (Å²) >= 11 is 0. The predicted octanol–water partition coefficient (Wildman–Crippen LogP) is 4.09. The molecule has 0 saturated carbocycles. The Morgan fingerprint density at radius 2 is 1.56 bits per heavy atom. The summed E-state index contributed by atoms with van der Waals surface area (Å²) < 4.78 is 19.4. The third-order valence-electron chi connectivity index (χ3n) is 5.65. The van der Waals surface area contributed by atoms with Crippen LogP contribution >= 0.6 is 0 Å². The molecular formula is C26H30N2O4. The van der Waals surface area contributed by atoms with E-state index in [1.807, 2.05) is 60.5 Å². The Balaban J connectivity index is 1.33. The molecule has 1 heterocycles. The molecule has 6 nitrogen and oxygen atoms in total. The number of fused-ring (bicyclic) bond motifs is 3. The number of hydrogen-bond acceptors (Lipinski definition) is 5. The SMILES string of the molecule is COc1ccccc1OCCN(C)CC(O)COc1cccc2c1c1ccccc1n2C. The standard InChI is InChI=1S/C26H30N2O4/c1-27(15-16-31-24-13-7-6-12-23(24)30-3)17-19(29)18-32-25-14-8-11-22-26(25)20-9-4-5-10-21(20)28(22)2/h4-14,19,29H,15-18H2,1-3H3. The number of methoxy groups -OCH3 is 1. The first kappa shape index (κ1) is 22.0. The van der Waals surface area contributed by atoms with Crippen molar-refractivity contribution in [3.63, 3.8) is 0 Å². The Labute approximate surface area is 188 Å². The predicted molar refractivity (Wildman–Crippen MR) is 128 cm³/mol. The Morgan fingerprint density at radius 1 is 0.875 bits per heavy atom. The Kier molecular flexibility index (Phi) is 6.83. The molecule has 0 aliphatic carbocycles. The van der Waals surface area contributed by atoms with E-state index >= 15 is 0 Å². The average Bonchev–Trinajstić information content (AvgIpc) is 3.11. The van der Waals surface area contributed by atoms with E-state index in [-0.39, 0.29) is 6.61 Å². The Hall–Kier alpha value is -3.22. The Bertz CT molecular complexity index is 1190. The maximum absolute atomic E-state index is 10.5. The van der Waals surface area contributed by atoms with Gasteiger partial charge in [-0.3, -0.25) is 0 Å². The number of para-hydroxylation sites is 3. The number of hydrogen-bond donors (Lipinski definition) is 1. The summed E-state index contributed by atoms with van der Waals surface area (Å²) in [6, 6.07) is 21.9. The largest absolute Gasteiger partial charge is 0.493 e. The van der Waals surface area contributed by atoms with Crippen LogP contribution in [0.1, 0.15) is 0 Å². The van der Waals surface area contributed by atoms with Crippen molar-refractivity contribution >= 4 is 21.8 Å². The second-order valence-corrected chi connectivity index (χ2v) is 7.95. The number of aliphatic hydroxyl groups excluding tert-OH is 1. The molecule has 32 heavy (non-hydrogen) atoms. The number of benzene rings is 3. The van der Waals surface area contributed by atoms with Gasteiger partial charge >= 0.3 is 0 Å². The van der Waals surface area contributed by atoms with E-state index in [2.05, 4.69) is 29.8 Å². The third kappa shape index (κ3) is 4.66. The van der Waals surface area contributed by atoms with Gasteiger partial charge in [0, 0.05) is 36.4 Å². The summed E-state index contributed by atoms with van der Waals surface area (Å²) in [6.45, 7) is 1.88. The van der Waals surface area contributed by atoms with Gasteiger partial charge in [0.2, 0.25) is 0 Å². The van der Waals surface area contributed by atoms with Crippen molar-refractivity contribution in [2.24, 2.45) is 7.05 Å². The van der Waals surface area contributed by atoms with Crippen molar-refractivity contribution in [3.05, 3.63) is 66.7 Å². The van der Waals surface area contributed by atoms with E-state index in [9.17, 15) is 5.11 Å². The van der Waals surface area contributed by atoms with Crippen LogP contribution < -0.4 is 14.2 Å². The van der Waals surface area contributed by atoms with Crippen LogP contribution in [-0.2, 0) is 7.05 Å². The number of likely N-dealkylation sites (N-methyl/N-ethyl adjacent to an activating group) is 1. The van der Waals surface area contributed by atoms with Crippen LogP contribution in [0.15, 0.2) is 66.7 Å². The zero-order valence-electron chi connectivity index (χ0n) is 18.8. The lowest BCUT2D eigenvalue weighted by atomic mass is 10.1. The summed E-state index contributed by atoms with van der Waals surface area (Å²) in [6.07, 6.45) is -0.614. The number of nitrogens with zero attached hydrogens (tertiary/aromatic N) is 2. The highest BCUT2D eigenvalue weighted by molar-refractivity contribution is 6.11. The average molecular weight is 435 g/mol. The first-order valence-electron chi connectivity index (χ1n) is 10.8. The first-order valence-corrected chi connectivity index (χ1v) is 10.8. The summed E-state index contributed by atoms with van der Waals surface area (Å²) in [5.74, 6) is 2.22. The molecule has 0 bridgehead atoms. The van der Waals surface area contributed by atoms with Gasteiger partial charge in [-0.2, -0.15) is 0 Å². The molecule has 4 aromatic rings. The van der Waals surface area contributed by atoms with Gasteiger partial charge in [0.25, 0.3) is 0 Å². The fourth-order valence-corrected chi connectivity index (χ4v) is 4.04. The van der Waals surface area contributed by atoms with Crippen molar-refractivity contribution in [2.75, 3.05) is 40.5 Å². The molecule has 0 amide bonds. The molecule has 0 radical (unpaired) electrons. The maximum atomic E-state index is 10.5. The van der Waals surface area contributed by atoms with Crippen LogP contribution in [0, 0.1) is 0 Å². The number of ether oxygens (including phenoxy) is 3. The first-order chi connectivity index (χ1) is 15.6. The minimum absolute atomic E-state index is 0.222. The second-order valence-electron chi connectivity index (χ2n) is 7.95. The number of aryl methyl sites for hydroxylation is 1. The number of aromatic nitrogens is 1. The molecule has 168 valence electrons.